The quantitative estimate of drug-likeness (QED) is 0.603. The molecule has 0 radical (unpaired) electrons. The monoisotopic (exact) mass is 402 g/mol. The number of thiazole rings is 1. The van der Waals surface area contributed by atoms with Crippen LogP contribution in [0.25, 0.3) is 0 Å². The van der Waals surface area contributed by atoms with E-state index in [9.17, 15) is 13.2 Å². The third kappa shape index (κ3) is 5.60. The molecule has 27 heavy (non-hydrogen) atoms. The fourth-order valence-electron chi connectivity index (χ4n) is 2.27. The highest BCUT2D eigenvalue weighted by Crippen LogP contribution is 2.20. The summed E-state index contributed by atoms with van der Waals surface area (Å²) in [4.78, 5) is 20.3. The summed E-state index contributed by atoms with van der Waals surface area (Å²) < 4.78 is 27.0. The van der Waals surface area contributed by atoms with Crippen molar-refractivity contribution < 1.29 is 13.2 Å². The number of aromatic nitrogens is 2. The minimum absolute atomic E-state index is 0.0915. The molecule has 0 bridgehead atoms. The summed E-state index contributed by atoms with van der Waals surface area (Å²) in [5, 5.41) is 4.87. The number of hydrogen-bond donors (Lipinski definition) is 2. The Morgan fingerprint density at radius 3 is 2.56 bits per heavy atom. The average Bonchev–Trinajstić information content (AvgIpc) is 3.13. The Morgan fingerprint density at radius 1 is 1.07 bits per heavy atom. The van der Waals surface area contributed by atoms with Gasteiger partial charge in [-0.05, 0) is 36.2 Å². The molecule has 0 fully saturated rings. The molecule has 0 saturated carbocycles. The average molecular weight is 403 g/mol. The summed E-state index contributed by atoms with van der Waals surface area (Å²) >= 11 is 1.19. The summed E-state index contributed by atoms with van der Waals surface area (Å²) in [6.07, 6.45) is 4.06. The van der Waals surface area contributed by atoms with E-state index in [0.29, 0.717) is 18.7 Å². The third-order valence-corrected chi connectivity index (χ3v) is 5.96. The number of rotatable bonds is 8. The molecule has 3 aromatic rings. The van der Waals surface area contributed by atoms with Gasteiger partial charge in [0.25, 0.3) is 10.0 Å². The van der Waals surface area contributed by atoms with Gasteiger partial charge in [-0.3, -0.25) is 14.5 Å². The molecule has 2 heterocycles. The highest BCUT2D eigenvalue weighted by Gasteiger charge is 2.15. The lowest BCUT2D eigenvalue weighted by molar-refractivity contribution is -0.121. The van der Waals surface area contributed by atoms with Gasteiger partial charge in [-0.15, -0.1) is 11.3 Å². The van der Waals surface area contributed by atoms with Crippen LogP contribution in [0.1, 0.15) is 17.7 Å². The van der Waals surface area contributed by atoms with E-state index in [0.717, 1.165) is 5.56 Å². The van der Waals surface area contributed by atoms with Crippen LogP contribution in [-0.4, -0.2) is 24.3 Å². The minimum atomic E-state index is -3.66. The van der Waals surface area contributed by atoms with Crippen LogP contribution >= 0.6 is 11.3 Å². The zero-order valence-electron chi connectivity index (χ0n) is 14.3. The molecule has 3 rings (SSSR count). The minimum Gasteiger partial charge on any atom is -0.352 e. The van der Waals surface area contributed by atoms with E-state index in [1.165, 1.54) is 23.5 Å². The first-order chi connectivity index (χ1) is 13.0. The Kier molecular flexibility index (Phi) is 6.15. The van der Waals surface area contributed by atoms with E-state index in [1.54, 1.807) is 36.0 Å². The van der Waals surface area contributed by atoms with Crippen LogP contribution in [0.5, 0.6) is 0 Å². The maximum Gasteiger partial charge on any atom is 0.263 e. The number of hydrogen-bond acceptors (Lipinski definition) is 6. The SMILES string of the molecule is O=C(CCc1csc(NS(=O)(=O)c2ccccc2)n1)NCc1ccncc1. The zero-order valence-corrected chi connectivity index (χ0v) is 16.0. The molecule has 0 atom stereocenters. The number of benzene rings is 1. The topological polar surface area (TPSA) is 101 Å². The third-order valence-electron chi connectivity index (χ3n) is 3.67. The largest absolute Gasteiger partial charge is 0.352 e. The van der Waals surface area contributed by atoms with Gasteiger partial charge in [0.2, 0.25) is 5.91 Å². The second-order valence-electron chi connectivity index (χ2n) is 5.69. The van der Waals surface area contributed by atoms with Crippen LogP contribution < -0.4 is 10.0 Å². The molecule has 0 spiro atoms. The molecule has 0 saturated heterocycles. The smallest absolute Gasteiger partial charge is 0.263 e. The van der Waals surface area contributed by atoms with Gasteiger partial charge in [0, 0.05) is 30.7 Å². The maximum absolute atomic E-state index is 12.3. The van der Waals surface area contributed by atoms with Crippen molar-refractivity contribution in [1.82, 2.24) is 15.3 Å². The molecule has 2 N–H and O–H groups in total. The first kappa shape index (κ1) is 19.0. The van der Waals surface area contributed by atoms with Crippen LogP contribution in [0.3, 0.4) is 0 Å². The Balaban J connectivity index is 1.50. The van der Waals surface area contributed by atoms with Crippen LogP contribution in [0.4, 0.5) is 5.13 Å². The van der Waals surface area contributed by atoms with E-state index >= 15 is 0 Å². The van der Waals surface area contributed by atoms with Gasteiger partial charge in [0.05, 0.1) is 10.6 Å². The van der Waals surface area contributed by atoms with Crippen molar-refractivity contribution in [2.45, 2.75) is 24.3 Å². The van der Waals surface area contributed by atoms with Crippen molar-refractivity contribution in [2.75, 3.05) is 4.72 Å². The molecule has 0 unspecified atom stereocenters. The van der Waals surface area contributed by atoms with E-state index < -0.39 is 10.0 Å². The summed E-state index contributed by atoms with van der Waals surface area (Å²) in [6.45, 7) is 0.445. The predicted octanol–water partition coefficient (Wildman–Crippen LogP) is 2.59. The van der Waals surface area contributed by atoms with Crippen molar-refractivity contribution in [3.63, 3.8) is 0 Å². The lowest BCUT2D eigenvalue weighted by atomic mass is 10.2. The molecule has 0 aliphatic heterocycles. The van der Waals surface area contributed by atoms with Crippen LogP contribution in [0.15, 0.2) is 65.1 Å². The highest BCUT2D eigenvalue weighted by molar-refractivity contribution is 7.93. The fourth-order valence-corrected chi connectivity index (χ4v) is 4.29. The van der Waals surface area contributed by atoms with Crippen molar-refractivity contribution in [2.24, 2.45) is 0 Å². The molecule has 9 heteroatoms. The molecule has 7 nitrogen and oxygen atoms in total. The molecule has 0 aliphatic rings. The molecule has 140 valence electrons. The molecule has 1 aromatic carbocycles. The number of aryl methyl sites for hydroxylation is 1. The van der Waals surface area contributed by atoms with Crippen molar-refractivity contribution in [3.05, 3.63) is 71.5 Å². The van der Waals surface area contributed by atoms with Gasteiger partial charge >= 0.3 is 0 Å². The number of nitrogens with zero attached hydrogens (tertiary/aromatic N) is 2. The van der Waals surface area contributed by atoms with E-state index in [-0.39, 0.29) is 22.4 Å². The Hall–Kier alpha value is -2.78. The highest BCUT2D eigenvalue weighted by atomic mass is 32.2. The lowest BCUT2D eigenvalue weighted by Gasteiger charge is -2.05. The van der Waals surface area contributed by atoms with Crippen molar-refractivity contribution in [3.8, 4) is 0 Å². The second-order valence-corrected chi connectivity index (χ2v) is 8.24. The summed E-state index contributed by atoms with van der Waals surface area (Å²) in [5.74, 6) is -0.0915. The fraction of sp³-hybridized carbons (Fsp3) is 0.167. The Morgan fingerprint density at radius 2 is 1.81 bits per heavy atom. The molecular weight excluding hydrogens is 384 g/mol. The van der Waals surface area contributed by atoms with Gasteiger partial charge < -0.3 is 5.32 Å². The Labute approximate surface area is 161 Å². The van der Waals surface area contributed by atoms with Gasteiger partial charge in [-0.2, -0.15) is 0 Å². The van der Waals surface area contributed by atoms with E-state index in [2.05, 4.69) is 20.0 Å². The van der Waals surface area contributed by atoms with Gasteiger partial charge in [0.15, 0.2) is 5.13 Å². The standard InChI is InChI=1S/C18H18N4O3S2/c23-17(20-12-14-8-10-19-11-9-14)7-6-15-13-26-18(21-15)22-27(24,25)16-4-2-1-3-5-16/h1-5,8-11,13H,6-7,12H2,(H,20,23)(H,21,22). The van der Waals surface area contributed by atoms with E-state index in [4.69, 9.17) is 0 Å². The molecular formula is C18H18N4O3S2. The molecule has 1 amide bonds. The van der Waals surface area contributed by atoms with Crippen LogP contribution in [0, 0.1) is 0 Å². The number of nitrogens with one attached hydrogen (secondary N) is 2. The van der Waals surface area contributed by atoms with Crippen LogP contribution in [-0.2, 0) is 27.8 Å². The first-order valence-electron chi connectivity index (χ1n) is 8.21. The number of carbonyl (C=O) groups is 1. The van der Waals surface area contributed by atoms with E-state index in [1.807, 2.05) is 12.1 Å². The normalized spacial score (nSPS) is 11.1. The van der Waals surface area contributed by atoms with Crippen LogP contribution in [0.2, 0.25) is 0 Å². The second kappa shape index (κ2) is 8.74. The predicted molar refractivity (Wildman–Crippen MR) is 104 cm³/mol. The number of pyridine rings is 1. The zero-order chi connectivity index (χ0) is 19.1. The van der Waals surface area contributed by atoms with Crippen molar-refractivity contribution >= 4 is 32.4 Å². The van der Waals surface area contributed by atoms with Gasteiger partial charge in [-0.25, -0.2) is 13.4 Å². The first-order valence-corrected chi connectivity index (χ1v) is 10.6. The molecule has 0 aliphatic carbocycles. The lowest BCUT2D eigenvalue weighted by Crippen LogP contribution is -2.23. The number of anilines is 1. The maximum atomic E-state index is 12.3. The number of carbonyl (C=O) groups excluding carboxylic acids is 1. The number of sulfonamides is 1. The number of amides is 1. The molecule has 2 aromatic heterocycles. The Bertz CT molecular complexity index is 990. The summed E-state index contributed by atoms with van der Waals surface area (Å²) in [7, 11) is -3.66. The summed E-state index contributed by atoms with van der Waals surface area (Å²) in [5.41, 5.74) is 1.65. The van der Waals surface area contributed by atoms with Gasteiger partial charge in [0.1, 0.15) is 0 Å². The van der Waals surface area contributed by atoms with Gasteiger partial charge in [-0.1, -0.05) is 18.2 Å². The summed E-state index contributed by atoms with van der Waals surface area (Å²) in [6, 6.07) is 11.8. The van der Waals surface area contributed by atoms with Crippen molar-refractivity contribution in [1.29, 1.82) is 0 Å².